The fourth-order valence-corrected chi connectivity index (χ4v) is 4.23. The van der Waals surface area contributed by atoms with E-state index in [1.54, 1.807) is 19.2 Å². The number of aryl methyl sites for hydroxylation is 1. The van der Waals surface area contributed by atoms with Crippen molar-refractivity contribution in [3.8, 4) is 17.0 Å². The zero-order chi connectivity index (χ0) is 17.7. The lowest BCUT2D eigenvalue weighted by atomic mass is 9.90. The van der Waals surface area contributed by atoms with Crippen LogP contribution in [0.5, 0.6) is 5.75 Å². The minimum atomic E-state index is -3.75. The number of sulfone groups is 2. The second-order valence-electron chi connectivity index (χ2n) is 5.71. The monoisotopic (exact) mass is 368 g/mol. The Bertz CT molecular complexity index is 1040. The van der Waals surface area contributed by atoms with Gasteiger partial charge in [-0.05, 0) is 36.6 Å². The Balaban J connectivity index is 2.37. The van der Waals surface area contributed by atoms with E-state index in [0.29, 0.717) is 35.4 Å². The van der Waals surface area contributed by atoms with Gasteiger partial charge in [-0.15, -0.1) is 0 Å². The van der Waals surface area contributed by atoms with Crippen molar-refractivity contribution in [3.63, 3.8) is 0 Å². The van der Waals surface area contributed by atoms with Gasteiger partial charge in [0.2, 0.25) is 15.0 Å². The lowest BCUT2D eigenvalue weighted by molar-refractivity contribution is 0.414. The minimum absolute atomic E-state index is 0.214. The van der Waals surface area contributed by atoms with Crippen LogP contribution in [0, 0.1) is 0 Å². The van der Waals surface area contributed by atoms with Gasteiger partial charge in [0.05, 0.1) is 12.8 Å². The van der Waals surface area contributed by atoms with Crippen LogP contribution in [0.15, 0.2) is 28.4 Å². The first-order chi connectivity index (χ1) is 11.1. The highest BCUT2D eigenvalue weighted by Crippen LogP contribution is 2.36. The Hall–Kier alpha value is -2.00. The molecule has 7 nitrogen and oxygen atoms in total. The summed E-state index contributed by atoms with van der Waals surface area (Å²) in [5.41, 5.74) is 2.45. The SMILES string of the molecule is COc1ccc2c(c1)CCc1c-2nc(S(C)(=O)=O)nc1S(C)(=O)=O. The molecule has 0 unspecified atom stereocenters. The van der Waals surface area contributed by atoms with Crippen molar-refractivity contribution in [1.82, 2.24) is 9.97 Å². The van der Waals surface area contributed by atoms with Crippen molar-refractivity contribution in [3.05, 3.63) is 29.3 Å². The molecule has 128 valence electrons. The largest absolute Gasteiger partial charge is 0.497 e. The molecule has 0 saturated carbocycles. The maximum absolute atomic E-state index is 12.1. The Labute approximate surface area is 140 Å². The number of ether oxygens (including phenoxy) is 1. The molecule has 0 aliphatic heterocycles. The predicted molar refractivity (Wildman–Crippen MR) is 87.6 cm³/mol. The molecule has 0 spiro atoms. The van der Waals surface area contributed by atoms with E-state index in [9.17, 15) is 16.8 Å². The standard InChI is InChI=1S/C15H16N2O5S2/c1-22-10-5-7-11-9(8-10)4-6-12-13(11)16-15(24(3,20)21)17-14(12)23(2,18)19/h5,7-8H,4,6H2,1-3H3. The Morgan fingerprint density at radius 2 is 1.71 bits per heavy atom. The van der Waals surface area contributed by atoms with Gasteiger partial charge in [0.1, 0.15) is 5.75 Å². The molecule has 9 heteroatoms. The predicted octanol–water partition coefficient (Wildman–Crippen LogP) is 1.06. The zero-order valence-corrected chi connectivity index (χ0v) is 15.0. The summed E-state index contributed by atoms with van der Waals surface area (Å²) in [7, 11) is -5.87. The third-order valence-corrected chi connectivity index (χ3v) is 5.73. The molecule has 1 aliphatic carbocycles. The minimum Gasteiger partial charge on any atom is -0.497 e. The lowest BCUT2D eigenvalue weighted by Crippen LogP contribution is -2.17. The third-order valence-electron chi connectivity index (χ3n) is 3.84. The summed E-state index contributed by atoms with van der Waals surface area (Å²) in [5, 5.41) is -0.695. The normalized spacial score (nSPS) is 14.0. The van der Waals surface area contributed by atoms with Crippen molar-refractivity contribution in [2.24, 2.45) is 0 Å². The lowest BCUT2D eigenvalue weighted by Gasteiger charge is -2.21. The summed E-state index contributed by atoms with van der Waals surface area (Å²) in [4.78, 5) is 7.97. The molecule has 0 atom stereocenters. The molecule has 0 N–H and O–H groups in total. The van der Waals surface area contributed by atoms with E-state index in [0.717, 1.165) is 18.1 Å². The summed E-state index contributed by atoms with van der Waals surface area (Å²) in [6.07, 6.45) is 3.00. The molecule has 0 bridgehead atoms. The number of rotatable bonds is 3. The molecular weight excluding hydrogens is 352 g/mol. The number of aromatic nitrogens is 2. The molecule has 3 rings (SSSR count). The van der Waals surface area contributed by atoms with E-state index in [1.807, 2.05) is 6.07 Å². The smallest absolute Gasteiger partial charge is 0.248 e. The van der Waals surface area contributed by atoms with Gasteiger partial charge >= 0.3 is 0 Å². The first-order valence-corrected chi connectivity index (χ1v) is 10.9. The molecule has 24 heavy (non-hydrogen) atoms. The van der Waals surface area contributed by atoms with Crippen molar-refractivity contribution in [1.29, 1.82) is 0 Å². The first-order valence-electron chi connectivity index (χ1n) is 7.09. The fourth-order valence-electron chi connectivity index (χ4n) is 2.76. The highest BCUT2D eigenvalue weighted by Gasteiger charge is 2.29. The van der Waals surface area contributed by atoms with E-state index in [1.165, 1.54) is 0 Å². The molecule has 0 saturated heterocycles. The van der Waals surface area contributed by atoms with Crippen LogP contribution in [0.1, 0.15) is 11.1 Å². The van der Waals surface area contributed by atoms with Gasteiger partial charge in [0, 0.05) is 23.6 Å². The molecule has 1 aromatic heterocycles. The fraction of sp³-hybridized carbons (Fsp3) is 0.333. The number of hydrogen-bond donors (Lipinski definition) is 0. The molecule has 1 heterocycles. The van der Waals surface area contributed by atoms with Gasteiger partial charge in [0.25, 0.3) is 0 Å². The van der Waals surface area contributed by atoms with Crippen LogP contribution in [-0.4, -0.2) is 46.4 Å². The molecule has 0 fully saturated rings. The number of benzene rings is 1. The average Bonchev–Trinajstić information content (AvgIpc) is 2.51. The molecule has 1 aliphatic rings. The highest BCUT2D eigenvalue weighted by molar-refractivity contribution is 7.91. The van der Waals surface area contributed by atoms with Crippen LogP contribution < -0.4 is 4.74 Å². The van der Waals surface area contributed by atoms with Crippen LogP contribution in [0.4, 0.5) is 0 Å². The van der Waals surface area contributed by atoms with Crippen molar-refractivity contribution < 1.29 is 21.6 Å². The van der Waals surface area contributed by atoms with Crippen LogP contribution in [0.2, 0.25) is 0 Å². The van der Waals surface area contributed by atoms with Crippen molar-refractivity contribution >= 4 is 19.7 Å². The van der Waals surface area contributed by atoms with E-state index in [-0.39, 0.29) is 5.03 Å². The van der Waals surface area contributed by atoms with E-state index < -0.39 is 24.8 Å². The Kier molecular flexibility index (Phi) is 3.88. The van der Waals surface area contributed by atoms with E-state index in [2.05, 4.69) is 9.97 Å². The van der Waals surface area contributed by atoms with Gasteiger partial charge in [-0.1, -0.05) is 0 Å². The Morgan fingerprint density at radius 1 is 1.00 bits per heavy atom. The maximum atomic E-state index is 12.1. The van der Waals surface area contributed by atoms with Gasteiger partial charge in [-0.2, -0.15) is 0 Å². The average molecular weight is 368 g/mol. The van der Waals surface area contributed by atoms with Crippen LogP contribution >= 0.6 is 0 Å². The maximum Gasteiger partial charge on any atom is 0.248 e. The first kappa shape index (κ1) is 16.8. The molecule has 0 radical (unpaired) electrons. The summed E-state index contributed by atoms with van der Waals surface area (Å²) >= 11 is 0. The zero-order valence-electron chi connectivity index (χ0n) is 13.4. The second kappa shape index (κ2) is 5.52. The molecule has 1 aromatic carbocycles. The number of methoxy groups -OCH3 is 1. The number of hydrogen-bond acceptors (Lipinski definition) is 7. The quantitative estimate of drug-likeness (QED) is 0.589. The summed E-state index contributed by atoms with van der Waals surface area (Å²) in [6.45, 7) is 0. The highest BCUT2D eigenvalue weighted by atomic mass is 32.2. The molecular formula is C15H16N2O5S2. The van der Waals surface area contributed by atoms with Gasteiger partial charge < -0.3 is 4.74 Å². The third kappa shape index (κ3) is 2.89. The Morgan fingerprint density at radius 3 is 2.29 bits per heavy atom. The molecule has 0 amide bonds. The van der Waals surface area contributed by atoms with E-state index >= 15 is 0 Å². The summed E-state index contributed by atoms with van der Waals surface area (Å²) in [6, 6.07) is 5.34. The topological polar surface area (TPSA) is 103 Å². The number of fused-ring (bicyclic) bond motifs is 3. The van der Waals surface area contributed by atoms with Crippen LogP contribution in [0.25, 0.3) is 11.3 Å². The van der Waals surface area contributed by atoms with Crippen LogP contribution in [0.3, 0.4) is 0 Å². The number of nitrogens with zero attached hydrogens (tertiary/aromatic N) is 2. The van der Waals surface area contributed by atoms with E-state index in [4.69, 9.17) is 4.74 Å². The van der Waals surface area contributed by atoms with Crippen molar-refractivity contribution in [2.75, 3.05) is 19.6 Å². The second-order valence-corrected chi connectivity index (χ2v) is 9.55. The van der Waals surface area contributed by atoms with Crippen molar-refractivity contribution in [2.45, 2.75) is 23.0 Å². The summed E-state index contributed by atoms with van der Waals surface area (Å²) in [5.74, 6) is 0.679. The van der Waals surface area contributed by atoms with Gasteiger partial charge in [-0.25, -0.2) is 26.8 Å². The van der Waals surface area contributed by atoms with Crippen LogP contribution in [-0.2, 0) is 32.5 Å². The molecule has 2 aromatic rings. The van der Waals surface area contributed by atoms with Gasteiger partial charge in [-0.3, -0.25) is 0 Å². The van der Waals surface area contributed by atoms with Gasteiger partial charge in [0.15, 0.2) is 14.9 Å². The summed E-state index contributed by atoms with van der Waals surface area (Å²) < 4.78 is 53.1.